The Morgan fingerprint density at radius 1 is 1.15 bits per heavy atom. The van der Waals surface area contributed by atoms with Crippen LogP contribution in [0.1, 0.15) is 19.4 Å². The molecule has 26 heavy (non-hydrogen) atoms. The van der Waals surface area contributed by atoms with Crippen molar-refractivity contribution in [2.24, 2.45) is 0 Å². The molecule has 1 aromatic carbocycles. The van der Waals surface area contributed by atoms with Gasteiger partial charge < -0.3 is 28.8 Å². The van der Waals surface area contributed by atoms with Gasteiger partial charge in [0.05, 0.1) is 13.7 Å². The maximum atomic E-state index is 12.5. The minimum atomic E-state index is -1.80. The molecule has 1 fully saturated rings. The minimum absolute atomic E-state index is 0.275. The van der Waals surface area contributed by atoms with E-state index in [4.69, 9.17) is 23.7 Å². The minimum Gasteiger partial charge on any atom is -0.467 e. The van der Waals surface area contributed by atoms with Crippen LogP contribution < -0.4 is 0 Å². The van der Waals surface area contributed by atoms with E-state index in [9.17, 15) is 9.90 Å². The average molecular weight is 366 g/mol. The molecule has 2 rings (SSSR count). The van der Waals surface area contributed by atoms with Gasteiger partial charge >= 0.3 is 5.97 Å². The monoisotopic (exact) mass is 366 g/mol. The molecule has 1 aliphatic rings. The van der Waals surface area contributed by atoms with Crippen molar-refractivity contribution >= 4 is 12.0 Å². The fourth-order valence-corrected chi connectivity index (χ4v) is 2.78. The number of aliphatic hydroxyl groups is 1. The molecule has 7 heteroatoms. The molecular formula is C19H26O7. The Morgan fingerprint density at radius 2 is 1.77 bits per heavy atom. The smallest absolute Gasteiger partial charge is 0.343 e. The summed E-state index contributed by atoms with van der Waals surface area (Å²) in [5, 5.41) is 10.8. The second kappa shape index (κ2) is 7.85. The fourth-order valence-electron chi connectivity index (χ4n) is 2.78. The van der Waals surface area contributed by atoms with E-state index < -0.39 is 29.2 Å². The van der Waals surface area contributed by atoms with Crippen molar-refractivity contribution in [2.45, 2.75) is 37.1 Å². The number of hydrogen-bond acceptors (Lipinski definition) is 7. The molecule has 7 nitrogen and oxygen atoms in total. The van der Waals surface area contributed by atoms with E-state index in [2.05, 4.69) is 0 Å². The van der Waals surface area contributed by atoms with Crippen LogP contribution in [0.5, 0.6) is 0 Å². The molecule has 1 N–H and O–H groups in total. The van der Waals surface area contributed by atoms with Crippen LogP contribution in [0.4, 0.5) is 0 Å². The van der Waals surface area contributed by atoms with Crippen LogP contribution in [0, 0.1) is 0 Å². The zero-order chi connectivity index (χ0) is 19.4. The van der Waals surface area contributed by atoms with Crippen molar-refractivity contribution in [3.63, 3.8) is 0 Å². The van der Waals surface area contributed by atoms with E-state index in [1.54, 1.807) is 19.9 Å². The summed E-state index contributed by atoms with van der Waals surface area (Å²) in [6.07, 6.45) is 1.81. The molecule has 0 unspecified atom stereocenters. The number of hydrogen-bond donors (Lipinski definition) is 1. The Morgan fingerprint density at radius 3 is 2.31 bits per heavy atom. The topological polar surface area (TPSA) is 83.5 Å². The molecule has 0 amide bonds. The van der Waals surface area contributed by atoms with Gasteiger partial charge in [0.25, 0.3) is 0 Å². The largest absolute Gasteiger partial charge is 0.467 e. The van der Waals surface area contributed by atoms with Crippen LogP contribution in [0.25, 0.3) is 6.08 Å². The molecule has 144 valence electrons. The predicted molar refractivity (Wildman–Crippen MR) is 94.1 cm³/mol. The van der Waals surface area contributed by atoms with Gasteiger partial charge in [-0.2, -0.15) is 0 Å². The fraction of sp³-hybridized carbons (Fsp3) is 0.526. The number of carbonyl (C=O) groups is 1. The first-order chi connectivity index (χ1) is 12.3. The molecule has 0 aromatic heterocycles. The standard InChI is InChI=1S/C19H26O7/c1-17(23-4)18(2,24-5)26-19(13-25-17,16(21)22-3)15(20)12-11-14-9-7-6-8-10-14/h6-12,15,20H,13H2,1-5H3/b12-11+/t15-,17+,18+,19+/m0/s1. The summed E-state index contributed by atoms with van der Waals surface area (Å²) in [5.41, 5.74) is -0.942. The van der Waals surface area contributed by atoms with Gasteiger partial charge in [-0.1, -0.05) is 42.5 Å². The van der Waals surface area contributed by atoms with Crippen molar-refractivity contribution < 1.29 is 33.6 Å². The molecule has 1 aliphatic heterocycles. The number of carbonyl (C=O) groups excluding carboxylic acids is 1. The lowest BCUT2D eigenvalue weighted by Crippen LogP contribution is -2.71. The highest BCUT2D eigenvalue weighted by molar-refractivity contribution is 5.81. The summed E-state index contributed by atoms with van der Waals surface area (Å²) >= 11 is 0. The second-order valence-electron chi connectivity index (χ2n) is 6.29. The van der Waals surface area contributed by atoms with Crippen molar-refractivity contribution in [1.29, 1.82) is 0 Å². The average Bonchev–Trinajstić information content (AvgIpc) is 2.68. The van der Waals surface area contributed by atoms with E-state index in [1.165, 1.54) is 27.4 Å². The highest BCUT2D eigenvalue weighted by Crippen LogP contribution is 2.42. The van der Waals surface area contributed by atoms with Gasteiger partial charge in [0.15, 0.2) is 0 Å². The summed E-state index contributed by atoms with van der Waals surface area (Å²) < 4.78 is 27.4. The number of ether oxygens (including phenoxy) is 5. The maximum absolute atomic E-state index is 12.5. The Hall–Kier alpha value is -1.77. The zero-order valence-electron chi connectivity index (χ0n) is 15.7. The van der Waals surface area contributed by atoms with Gasteiger partial charge in [0.1, 0.15) is 6.10 Å². The highest BCUT2D eigenvalue weighted by Gasteiger charge is 2.63. The highest BCUT2D eigenvalue weighted by atomic mass is 16.8. The van der Waals surface area contributed by atoms with E-state index >= 15 is 0 Å². The van der Waals surface area contributed by atoms with Gasteiger partial charge in [-0.3, -0.25) is 0 Å². The molecule has 0 saturated carbocycles. The summed E-state index contributed by atoms with van der Waals surface area (Å²) in [4.78, 5) is 12.5. The molecular weight excluding hydrogens is 340 g/mol. The lowest BCUT2D eigenvalue weighted by atomic mass is 9.92. The van der Waals surface area contributed by atoms with Gasteiger partial charge in [-0.15, -0.1) is 0 Å². The number of benzene rings is 1. The maximum Gasteiger partial charge on any atom is 0.343 e. The Labute approximate surface area is 153 Å². The molecule has 0 aliphatic carbocycles. The van der Waals surface area contributed by atoms with Crippen molar-refractivity contribution in [3.05, 3.63) is 42.0 Å². The first-order valence-corrected chi connectivity index (χ1v) is 8.21. The third-order valence-electron chi connectivity index (χ3n) is 4.82. The van der Waals surface area contributed by atoms with E-state index in [1.807, 2.05) is 30.3 Å². The normalized spacial score (nSPS) is 33.2. The molecule has 4 atom stereocenters. The summed E-state index contributed by atoms with van der Waals surface area (Å²) in [7, 11) is 4.06. The SMILES string of the molecule is COC(=O)[C@]1([C@@H](O)/C=C/c2ccccc2)CO[C@@](C)(OC)[C@](C)(OC)O1. The summed E-state index contributed by atoms with van der Waals surface area (Å²) in [6, 6.07) is 9.36. The summed E-state index contributed by atoms with van der Waals surface area (Å²) in [5.74, 6) is -3.51. The van der Waals surface area contributed by atoms with Crippen molar-refractivity contribution in [3.8, 4) is 0 Å². The Kier molecular flexibility index (Phi) is 6.21. The first kappa shape index (κ1) is 20.5. The number of aliphatic hydroxyl groups excluding tert-OH is 1. The van der Waals surface area contributed by atoms with E-state index in [0.717, 1.165) is 5.56 Å². The van der Waals surface area contributed by atoms with Crippen LogP contribution in [-0.4, -0.2) is 62.3 Å². The number of methoxy groups -OCH3 is 3. The van der Waals surface area contributed by atoms with Gasteiger partial charge in [-0.25, -0.2) is 4.79 Å². The third-order valence-corrected chi connectivity index (χ3v) is 4.82. The lowest BCUT2D eigenvalue weighted by molar-refractivity contribution is -0.451. The molecule has 1 aromatic rings. The Bertz CT molecular complexity index is 647. The van der Waals surface area contributed by atoms with Crippen molar-refractivity contribution in [1.82, 2.24) is 0 Å². The number of esters is 1. The Balaban J connectivity index is 2.37. The molecule has 0 bridgehead atoms. The molecule has 0 radical (unpaired) electrons. The van der Waals surface area contributed by atoms with Gasteiger partial charge in [-0.05, 0) is 19.4 Å². The van der Waals surface area contributed by atoms with Crippen LogP contribution >= 0.6 is 0 Å². The van der Waals surface area contributed by atoms with E-state index in [-0.39, 0.29) is 6.61 Å². The van der Waals surface area contributed by atoms with E-state index in [0.29, 0.717) is 0 Å². The zero-order valence-corrected chi connectivity index (χ0v) is 15.7. The molecule has 1 saturated heterocycles. The quantitative estimate of drug-likeness (QED) is 0.768. The first-order valence-electron chi connectivity index (χ1n) is 8.21. The van der Waals surface area contributed by atoms with Gasteiger partial charge in [0, 0.05) is 14.2 Å². The van der Waals surface area contributed by atoms with Crippen LogP contribution in [0.15, 0.2) is 36.4 Å². The predicted octanol–water partition coefficient (Wildman–Crippen LogP) is 1.74. The molecule has 0 spiro atoms. The molecule has 1 heterocycles. The third kappa shape index (κ3) is 3.54. The second-order valence-corrected chi connectivity index (χ2v) is 6.29. The van der Waals surface area contributed by atoms with Crippen LogP contribution in [0.2, 0.25) is 0 Å². The lowest BCUT2D eigenvalue weighted by Gasteiger charge is -2.53. The van der Waals surface area contributed by atoms with Crippen molar-refractivity contribution in [2.75, 3.05) is 27.9 Å². The summed E-state index contributed by atoms with van der Waals surface area (Å²) in [6.45, 7) is 2.92. The van der Waals surface area contributed by atoms with Gasteiger partial charge in [0.2, 0.25) is 17.2 Å². The number of rotatable bonds is 6. The van der Waals surface area contributed by atoms with Crippen LogP contribution in [-0.2, 0) is 28.5 Å². The van der Waals surface area contributed by atoms with Crippen LogP contribution in [0.3, 0.4) is 0 Å².